The Balaban J connectivity index is 2.07. The molecule has 2 N–H and O–H groups in total. The molecule has 92 valence electrons. The van der Waals surface area contributed by atoms with E-state index in [1.165, 1.54) is 0 Å². The number of hydrogen-bond donors (Lipinski definition) is 2. The van der Waals surface area contributed by atoms with Gasteiger partial charge in [0.1, 0.15) is 0 Å². The number of aromatic nitrogens is 1. The van der Waals surface area contributed by atoms with Crippen molar-refractivity contribution in [3.05, 3.63) is 41.4 Å². The number of ketones is 1. The first-order valence-corrected chi connectivity index (χ1v) is 5.99. The first-order chi connectivity index (χ1) is 8.75. The summed E-state index contributed by atoms with van der Waals surface area (Å²) in [4.78, 5) is 27.6. The van der Waals surface area contributed by atoms with E-state index < -0.39 is 0 Å². The Morgan fingerprint density at radius 2 is 1.94 bits per heavy atom. The molecule has 0 unspecified atom stereocenters. The normalized spacial score (nSPS) is 23.2. The largest absolute Gasteiger partial charge is 0.327 e. The van der Waals surface area contributed by atoms with E-state index >= 15 is 0 Å². The molecule has 1 atom stereocenters. The van der Waals surface area contributed by atoms with Gasteiger partial charge in [-0.3, -0.25) is 9.78 Å². The smallest absolute Gasteiger partial charge is 0.319 e. The zero-order valence-corrected chi connectivity index (χ0v) is 9.77. The number of carbonyl (C=O) groups excluding carboxylic acids is 2. The number of hydrogen-bond acceptors (Lipinski definition) is 3. The average molecular weight is 243 g/mol. The number of nitrogens with one attached hydrogen (secondary N) is 2. The first kappa shape index (κ1) is 11.0. The minimum absolute atomic E-state index is 0.116. The van der Waals surface area contributed by atoms with Gasteiger partial charge >= 0.3 is 6.03 Å². The molecule has 2 amide bonds. The summed E-state index contributed by atoms with van der Waals surface area (Å²) in [6, 6.07) is 3.06. The molecular formula is C13H13N3O2. The first-order valence-electron chi connectivity index (χ1n) is 5.99. The van der Waals surface area contributed by atoms with Gasteiger partial charge in [0.15, 0.2) is 5.78 Å². The zero-order chi connectivity index (χ0) is 12.5. The third-order valence-corrected chi connectivity index (χ3v) is 3.32. The number of allylic oxidation sites excluding steroid dienone is 1. The second kappa shape index (κ2) is 4.25. The monoisotopic (exact) mass is 243 g/mol. The Hall–Kier alpha value is -2.17. The molecule has 0 radical (unpaired) electrons. The number of urea groups is 1. The second-order valence-electron chi connectivity index (χ2n) is 4.48. The van der Waals surface area contributed by atoms with Gasteiger partial charge in [-0.05, 0) is 30.5 Å². The topological polar surface area (TPSA) is 71.1 Å². The molecule has 3 rings (SSSR count). The second-order valence-corrected chi connectivity index (χ2v) is 4.48. The SMILES string of the molecule is O=C1NC2=C(C(=O)CCC2)[C@@H](c2ccncc2)N1. The minimum Gasteiger partial charge on any atom is -0.327 e. The summed E-state index contributed by atoms with van der Waals surface area (Å²) >= 11 is 0. The fourth-order valence-electron chi connectivity index (χ4n) is 2.51. The molecule has 0 saturated carbocycles. The highest BCUT2D eigenvalue weighted by Gasteiger charge is 2.34. The van der Waals surface area contributed by atoms with Gasteiger partial charge in [-0.15, -0.1) is 0 Å². The van der Waals surface area contributed by atoms with Crippen molar-refractivity contribution >= 4 is 11.8 Å². The molecule has 18 heavy (non-hydrogen) atoms. The van der Waals surface area contributed by atoms with E-state index in [1.54, 1.807) is 12.4 Å². The van der Waals surface area contributed by atoms with Crippen LogP contribution >= 0.6 is 0 Å². The molecule has 1 aromatic rings. The van der Waals surface area contributed by atoms with Crippen molar-refractivity contribution in [1.82, 2.24) is 15.6 Å². The molecule has 0 spiro atoms. The summed E-state index contributed by atoms with van der Waals surface area (Å²) in [6.07, 6.45) is 5.45. The van der Waals surface area contributed by atoms with Crippen molar-refractivity contribution in [2.75, 3.05) is 0 Å². The number of nitrogens with zero attached hydrogens (tertiary/aromatic N) is 1. The molecular weight excluding hydrogens is 230 g/mol. The van der Waals surface area contributed by atoms with Crippen molar-refractivity contribution < 1.29 is 9.59 Å². The molecule has 0 fully saturated rings. The van der Waals surface area contributed by atoms with Crippen molar-refractivity contribution in [2.45, 2.75) is 25.3 Å². The molecule has 1 aliphatic heterocycles. The van der Waals surface area contributed by atoms with Crippen LogP contribution in [0.2, 0.25) is 0 Å². The highest BCUT2D eigenvalue weighted by molar-refractivity contribution is 6.00. The summed E-state index contributed by atoms with van der Waals surface area (Å²) in [5, 5.41) is 5.55. The van der Waals surface area contributed by atoms with Gasteiger partial charge in [-0.2, -0.15) is 0 Å². The summed E-state index contributed by atoms with van der Waals surface area (Å²) < 4.78 is 0. The number of carbonyl (C=O) groups is 2. The Kier molecular flexibility index (Phi) is 2.59. The maximum atomic E-state index is 12.1. The Morgan fingerprint density at radius 3 is 2.72 bits per heavy atom. The van der Waals surface area contributed by atoms with E-state index in [9.17, 15) is 9.59 Å². The van der Waals surface area contributed by atoms with Crippen LogP contribution < -0.4 is 10.6 Å². The van der Waals surface area contributed by atoms with E-state index in [0.29, 0.717) is 12.0 Å². The van der Waals surface area contributed by atoms with Gasteiger partial charge < -0.3 is 10.6 Å². The lowest BCUT2D eigenvalue weighted by atomic mass is 9.86. The summed E-state index contributed by atoms with van der Waals surface area (Å²) in [6.45, 7) is 0. The molecule has 1 aliphatic carbocycles. The molecule has 5 heteroatoms. The van der Waals surface area contributed by atoms with Crippen LogP contribution in [0.4, 0.5) is 4.79 Å². The van der Waals surface area contributed by atoms with Gasteiger partial charge in [0.25, 0.3) is 0 Å². The molecule has 0 bridgehead atoms. The van der Waals surface area contributed by atoms with Crippen molar-refractivity contribution in [2.24, 2.45) is 0 Å². The minimum atomic E-state index is -0.343. The number of pyridine rings is 1. The summed E-state index contributed by atoms with van der Waals surface area (Å²) in [5.74, 6) is 0.116. The lowest BCUT2D eigenvalue weighted by molar-refractivity contribution is -0.116. The van der Waals surface area contributed by atoms with Crippen LogP contribution in [0, 0.1) is 0 Å². The predicted octanol–water partition coefficient (Wildman–Crippen LogP) is 1.44. The zero-order valence-electron chi connectivity index (χ0n) is 9.77. The quantitative estimate of drug-likeness (QED) is 0.784. The van der Waals surface area contributed by atoms with Crippen LogP contribution in [0.3, 0.4) is 0 Å². The average Bonchev–Trinajstić information content (AvgIpc) is 2.39. The lowest BCUT2D eigenvalue weighted by Gasteiger charge is -2.32. The van der Waals surface area contributed by atoms with Gasteiger partial charge in [0, 0.05) is 30.1 Å². The van der Waals surface area contributed by atoms with Crippen LogP contribution in [-0.2, 0) is 4.79 Å². The standard InChI is InChI=1S/C13H13N3O2/c17-10-3-1-2-9-11(10)12(16-13(18)15-9)8-4-6-14-7-5-8/h4-7,12H,1-3H2,(H2,15,16,18)/t12-/m1/s1. The van der Waals surface area contributed by atoms with Crippen LogP contribution in [0.1, 0.15) is 30.9 Å². The third kappa shape index (κ3) is 1.77. The van der Waals surface area contributed by atoms with Crippen molar-refractivity contribution in [3.8, 4) is 0 Å². The number of amides is 2. The summed E-state index contributed by atoms with van der Waals surface area (Å²) in [5.41, 5.74) is 2.37. The predicted molar refractivity (Wildman–Crippen MR) is 64.5 cm³/mol. The molecule has 2 aliphatic rings. The van der Waals surface area contributed by atoms with E-state index in [2.05, 4.69) is 15.6 Å². The van der Waals surface area contributed by atoms with Crippen LogP contribution in [0.25, 0.3) is 0 Å². The van der Waals surface area contributed by atoms with E-state index in [0.717, 1.165) is 24.1 Å². The maximum Gasteiger partial charge on any atom is 0.319 e. The molecule has 5 nitrogen and oxygen atoms in total. The van der Waals surface area contributed by atoms with Gasteiger partial charge in [-0.1, -0.05) is 0 Å². The fourth-order valence-corrected chi connectivity index (χ4v) is 2.51. The lowest BCUT2D eigenvalue weighted by Crippen LogP contribution is -2.46. The van der Waals surface area contributed by atoms with Gasteiger partial charge in [0.05, 0.1) is 6.04 Å². The Labute approximate surface area is 104 Å². The highest BCUT2D eigenvalue weighted by Crippen LogP contribution is 2.32. The van der Waals surface area contributed by atoms with E-state index in [4.69, 9.17) is 0 Å². The number of Topliss-reactive ketones (excluding diaryl/α,β-unsaturated/α-hetero) is 1. The third-order valence-electron chi connectivity index (χ3n) is 3.32. The van der Waals surface area contributed by atoms with Crippen LogP contribution in [0.15, 0.2) is 35.8 Å². The van der Waals surface area contributed by atoms with Crippen LogP contribution in [-0.4, -0.2) is 16.8 Å². The Bertz CT molecular complexity index is 536. The van der Waals surface area contributed by atoms with Crippen molar-refractivity contribution in [3.63, 3.8) is 0 Å². The Morgan fingerprint density at radius 1 is 1.17 bits per heavy atom. The maximum absolute atomic E-state index is 12.1. The fraction of sp³-hybridized carbons (Fsp3) is 0.308. The van der Waals surface area contributed by atoms with Gasteiger partial charge in [-0.25, -0.2) is 4.79 Å². The molecule has 0 saturated heterocycles. The van der Waals surface area contributed by atoms with Gasteiger partial charge in [0.2, 0.25) is 0 Å². The van der Waals surface area contributed by atoms with Crippen LogP contribution in [0.5, 0.6) is 0 Å². The highest BCUT2D eigenvalue weighted by atomic mass is 16.2. The van der Waals surface area contributed by atoms with E-state index in [-0.39, 0.29) is 17.9 Å². The molecule has 0 aromatic carbocycles. The summed E-state index contributed by atoms with van der Waals surface area (Å²) in [7, 11) is 0. The van der Waals surface area contributed by atoms with E-state index in [1.807, 2.05) is 12.1 Å². The molecule has 2 heterocycles. The molecule has 1 aromatic heterocycles. The number of rotatable bonds is 1. The van der Waals surface area contributed by atoms with Crippen molar-refractivity contribution in [1.29, 1.82) is 0 Å².